The van der Waals surface area contributed by atoms with Crippen molar-refractivity contribution in [1.82, 2.24) is 19.6 Å². The van der Waals surface area contributed by atoms with Gasteiger partial charge in [0.25, 0.3) is 0 Å². The quantitative estimate of drug-likeness (QED) is 0.809. The predicted molar refractivity (Wildman–Crippen MR) is 67.5 cm³/mol. The van der Waals surface area contributed by atoms with Crippen molar-refractivity contribution in [3.8, 4) is 0 Å². The van der Waals surface area contributed by atoms with Crippen LogP contribution in [0.1, 0.15) is 26.2 Å². The van der Waals surface area contributed by atoms with E-state index >= 15 is 0 Å². The molecule has 0 saturated carbocycles. The molecular weight excluding hydrogens is 230 g/mol. The Bertz CT molecular complexity index is 550. The van der Waals surface area contributed by atoms with Crippen LogP contribution < -0.4 is 4.90 Å². The number of hydrogen-bond donors (Lipinski definition) is 1. The second-order valence-corrected chi connectivity index (χ2v) is 5.16. The van der Waals surface area contributed by atoms with Crippen LogP contribution in [-0.2, 0) is 0 Å². The smallest absolute Gasteiger partial charge is 0.180 e. The van der Waals surface area contributed by atoms with Gasteiger partial charge in [-0.05, 0) is 26.2 Å². The van der Waals surface area contributed by atoms with E-state index < -0.39 is 5.60 Å². The molecule has 1 saturated heterocycles. The van der Waals surface area contributed by atoms with Crippen LogP contribution in [0, 0.1) is 0 Å². The molecule has 1 aliphatic rings. The van der Waals surface area contributed by atoms with E-state index in [1.165, 1.54) is 0 Å². The molecule has 0 bridgehead atoms. The van der Waals surface area contributed by atoms with Crippen molar-refractivity contribution in [3.63, 3.8) is 0 Å². The molecule has 3 heterocycles. The van der Waals surface area contributed by atoms with Crippen LogP contribution in [0.15, 0.2) is 18.7 Å². The first-order valence-electron chi connectivity index (χ1n) is 6.27. The third-order valence-electron chi connectivity index (χ3n) is 3.59. The third kappa shape index (κ3) is 2.03. The Hall–Kier alpha value is -1.69. The van der Waals surface area contributed by atoms with Gasteiger partial charge in [0, 0.05) is 13.1 Å². The van der Waals surface area contributed by atoms with Gasteiger partial charge in [-0.2, -0.15) is 0 Å². The third-order valence-corrected chi connectivity index (χ3v) is 3.59. The number of aliphatic hydroxyl groups is 1. The second-order valence-electron chi connectivity index (χ2n) is 5.16. The molecule has 2 aromatic rings. The van der Waals surface area contributed by atoms with Gasteiger partial charge in [0.2, 0.25) is 0 Å². The Morgan fingerprint density at radius 1 is 1.28 bits per heavy atom. The van der Waals surface area contributed by atoms with Crippen molar-refractivity contribution < 1.29 is 5.11 Å². The lowest BCUT2D eigenvalue weighted by Gasteiger charge is -2.24. The molecule has 0 spiro atoms. The predicted octanol–water partition coefficient (Wildman–Crippen LogP) is 0.866. The summed E-state index contributed by atoms with van der Waals surface area (Å²) in [6.07, 6.45) is 7.82. The van der Waals surface area contributed by atoms with Crippen molar-refractivity contribution in [2.45, 2.75) is 31.8 Å². The monoisotopic (exact) mass is 247 g/mol. The minimum absolute atomic E-state index is 0.552. The summed E-state index contributed by atoms with van der Waals surface area (Å²) in [7, 11) is 0. The zero-order valence-electron chi connectivity index (χ0n) is 10.5. The maximum Gasteiger partial charge on any atom is 0.180 e. The molecule has 0 aromatic carbocycles. The Labute approximate surface area is 105 Å². The Morgan fingerprint density at radius 2 is 2.17 bits per heavy atom. The largest absolute Gasteiger partial charge is 0.390 e. The molecule has 6 nitrogen and oxygen atoms in total. The summed E-state index contributed by atoms with van der Waals surface area (Å²) < 4.78 is 1.94. The highest BCUT2D eigenvalue weighted by atomic mass is 16.3. The molecule has 1 aliphatic heterocycles. The van der Waals surface area contributed by atoms with E-state index in [1.54, 1.807) is 12.5 Å². The molecule has 1 unspecified atom stereocenters. The molecule has 1 N–H and O–H groups in total. The van der Waals surface area contributed by atoms with Gasteiger partial charge in [-0.1, -0.05) is 0 Å². The van der Waals surface area contributed by atoms with Crippen molar-refractivity contribution in [1.29, 1.82) is 0 Å². The van der Waals surface area contributed by atoms with Gasteiger partial charge < -0.3 is 10.0 Å². The second kappa shape index (κ2) is 4.20. The van der Waals surface area contributed by atoms with Crippen LogP contribution in [0.25, 0.3) is 5.65 Å². The standard InChI is InChI=1S/C12H17N5O/c1-12(18)3-2-5-16(6-4-12)11-8-13-7-10-15-14-9-17(10)11/h7-9,18H,2-6H2,1H3. The SMILES string of the molecule is CC1(O)CCCN(c2cncc3nncn23)CC1. The summed E-state index contributed by atoms with van der Waals surface area (Å²) in [5.74, 6) is 0.996. The number of nitrogens with zero attached hydrogens (tertiary/aromatic N) is 5. The summed E-state index contributed by atoms with van der Waals surface area (Å²) in [5.41, 5.74) is 0.201. The van der Waals surface area contributed by atoms with Crippen molar-refractivity contribution >= 4 is 11.5 Å². The van der Waals surface area contributed by atoms with E-state index in [2.05, 4.69) is 20.1 Å². The van der Waals surface area contributed by atoms with Gasteiger partial charge in [-0.15, -0.1) is 10.2 Å². The fourth-order valence-corrected chi connectivity index (χ4v) is 2.47. The van der Waals surface area contributed by atoms with Crippen LogP contribution in [0.4, 0.5) is 5.82 Å². The van der Waals surface area contributed by atoms with E-state index in [4.69, 9.17) is 0 Å². The van der Waals surface area contributed by atoms with Gasteiger partial charge in [0.15, 0.2) is 5.65 Å². The minimum Gasteiger partial charge on any atom is -0.390 e. The van der Waals surface area contributed by atoms with Crippen molar-refractivity contribution in [2.24, 2.45) is 0 Å². The van der Waals surface area contributed by atoms with Crippen LogP contribution in [0.2, 0.25) is 0 Å². The zero-order chi connectivity index (χ0) is 12.6. The Kier molecular flexibility index (Phi) is 2.66. The van der Waals surface area contributed by atoms with E-state index in [9.17, 15) is 5.11 Å². The first-order chi connectivity index (χ1) is 8.66. The summed E-state index contributed by atoms with van der Waals surface area (Å²) in [4.78, 5) is 6.44. The maximum absolute atomic E-state index is 10.1. The zero-order valence-corrected chi connectivity index (χ0v) is 10.5. The molecule has 18 heavy (non-hydrogen) atoms. The molecule has 0 radical (unpaired) electrons. The highest BCUT2D eigenvalue weighted by Gasteiger charge is 2.25. The highest BCUT2D eigenvalue weighted by molar-refractivity contribution is 5.47. The molecule has 1 fully saturated rings. The van der Waals surface area contributed by atoms with Crippen LogP contribution in [0.5, 0.6) is 0 Å². The van der Waals surface area contributed by atoms with Crippen molar-refractivity contribution in [3.05, 3.63) is 18.7 Å². The summed E-state index contributed by atoms with van der Waals surface area (Å²) in [6.45, 7) is 3.66. The molecule has 3 rings (SSSR count). The van der Waals surface area contributed by atoms with Gasteiger partial charge in [0.1, 0.15) is 12.1 Å². The van der Waals surface area contributed by atoms with Gasteiger partial charge in [0.05, 0.1) is 18.0 Å². The number of rotatable bonds is 1. The van der Waals surface area contributed by atoms with Crippen molar-refractivity contribution in [2.75, 3.05) is 18.0 Å². The fourth-order valence-electron chi connectivity index (χ4n) is 2.47. The van der Waals surface area contributed by atoms with Gasteiger partial charge >= 0.3 is 0 Å². The molecule has 0 amide bonds. The Morgan fingerprint density at radius 3 is 3.06 bits per heavy atom. The van der Waals surface area contributed by atoms with Crippen LogP contribution >= 0.6 is 0 Å². The number of fused-ring (bicyclic) bond motifs is 1. The molecule has 6 heteroatoms. The molecule has 2 aromatic heterocycles. The first kappa shape index (κ1) is 11.4. The lowest BCUT2D eigenvalue weighted by Crippen LogP contribution is -2.29. The lowest BCUT2D eigenvalue weighted by atomic mass is 9.98. The molecular formula is C12H17N5O. The van der Waals surface area contributed by atoms with Gasteiger partial charge in [-0.25, -0.2) is 0 Å². The van der Waals surface area contributed by atoms with E-state index in [0.717, 1.165) is 43.8 Å². The molecule has 1 atom stereocenters. The number of hydrogen-bond acceptors (Lipinski definition) is 5. The maximum atomic E-state index is 10.1. The minimum atomic E-state index is -0.552. The topological polar surface area (TPSA) is 66.5 Å². The highest BCUT2D eigenvalue weighted by Crippen LogP contribution is 2.24. The van der Waals surface area contributed by atoms with Crippen LogP contribution in [0.3, 0.4) is 0 Å². The van der Waals surface area contributed by atoms with Crippen LogP contribution in [-0.4, -0.2) is 43.4 Å². The average molecular weight is 247 g/mol. The molecule has 96 valence electrons. The normalized spacial score (nSPS) is 25.3. The van der Waals surface area contributed by atoms with E-state index in [1.807, 2.05) is 17.5 Å². The van der Waals surface area contributed by atoms with E-state index in [-0.39, 0.29) is 0 Å². The first-order valence-corrected chi connectivity index (χ1v) is 6.27. The molecule has 0 aliphatic carbocycles. The Balaban J connectivity index is 1.92. The van der Waals surface area contributed by atoms with Gasteiger partial charge in [-0.3, -0.25) is 9.38 Å². The number of aromatic nitrogens is 4. The van der Waals surface area contributed by atoms with E-state index in [0.29, 0.717) is 0 Å². The fraction of sp³-hybridized carbons (Fsp3) is 0.583. The summed E-state index contributed by atoms with van der Waals surface area (Å²) >= 11 is 0. The number of anilines is 1. The summed E-state index contributed by atoms with van der Waals surface area (Å²) in [6, 6.07) is 0. The summed E-state index contributed by atoms with van der Waals surface area (Å²) in [5, 5.41) is 18.0. The lowest BCUT2D eigenvalue weighted by molar-refractivity contribution is 0.0481. The average Bonchev–Trinajstić information content (AvgIpc) is 2.74.